The first-order chi connectivity index (χ1) is 24.2. The third-order valence-corrected chi connectivity index (χ3v) is 9.57. The number of rotatable bonds is 4. The smallest absolute Gasteiger partial charge is 0.0681 e. The Morgan fingerprint density at radius 1 is 0.480 bits per heavy atom. The predicted molar refractivity (Wildman–Crippen MR) is 206 cm³/mol. The van der Waals surface area contributed by atoms with Gasteiger partial charge in [0.2, 0.25) is 0 Å². The molecule has 0 fully saturated rings. The topological polar surface area (TPSA) is 44.2 Å². The molecule has 0 aliphatic rings. The molecule has 0 unspecified atom stereocenters. The van der Waals surface area contributed by atoms with E-state index in [2.05, 4.69) is 149 Å². The van der Waals surface area contributed by atoms with Crippen LogP contribution in [0.1, 0.15) is 11.1 Å². The van der Waals surface area contributed by atoms with Crippen LogP contribution in [0, 0.1) is 0 Å². The standard InChI is InChI=1S/C36H22N3.C9H10O.Y/c1-5-13-33-25(9-1)26-10-2-6-14-34(26)38(33)23-17-19-31-29(21-23)30-22-24(18-20-32(30)37-31)39-35-15-7-3-11-27(35)28-12-4-8-16-36(28)39;1-2-8-3-5-9(7-10)6-4-8;/h1-22H;2-6,10H,1,7H2;/q-1;;. The van der Waals surface area contributed by atoms with Gasteiger partial charge in [0.15, 0.2) is 0 Å². The van der Waals surface area contributed by atoms with Gasteiger partial charge in [0.1, 0.15) is 0 Å². The molecule has 0 bridgehead atoms. The average molecular weight is 720 g/mol. The summed E-state index contributed by atoms with van der Waals surface area (Å²) >= 11 is 0. The van der Waals surface area contributed by atoms with Gasteiger partial charge in [-0.15, -0.1) is 11.0 Å². The average Bonchev–Trinajstić information content (AvgIpc) is 3.82. The van der Waals surface area contributed by atoms with E-state index in [4.69, 9.17) is 10.1 Å². The van der Waals surface area contributed by atoms with Crippen LogP contribution in [0.3, 0.4) is 0 Å². The van der Waals surface area contributed by atoms with E-state index in [0.717, 1.165) is 33.5 Å². The summed E-state index contributed by atoms with van der Waals surface area (Å²) in [4.78, 5) is 4.99. The van der Waals surface area contributed by atoms with E-state index in [9.17, 15) is 0 Å². The molecule has 10 aromatic rings. The first kappa shape index (κ1) is 32.0. The summed E-state index contributed by atoms with van der Waals surface area (Å²) in [6.45, 7) is 3.73. The number of hydrogen-bond donors (Lipinski definition) is 1. The molecule has 0 amide bonds. The van der Waals surface area contributed by atoms with Gasteiger partial charge in [0, 0.05) is 65.6 Å². The summed E-state index contributed by atoms with van der Waals surface area (Å²) < 4.78 is 4.75. The Morgan fingerprint density at radius 3 is 1.22 bits per heavy atom. The van der Waals surface area contributed by atoms with Crippen molar-refractivity contribution < 1.29 is 37.8 Å². The van der Waals surface area contributed by atoms with Gasteiger partial charge in [-0.1, -0.05) is 122 Å². The fraction of sp³-hybridized carbons (Fsp3) is 0.0222. The van der Waals surface area contributed by atoms with Crippen LogP contribution < -0.4 is 4.98 Å². The van der Waals surface area contributed by atoms with Crippen LogP contribution >= 0.6 is 0 Å². The fourth-order valence-corrected chi connectivity index (χ4v) is 7.24. The largest absolute Gasteiger partial charge is 0.657 e. The third kappa shape index (κ3) is 5.28. The monoisotopic (exact) mass is 719 g/mol. The van der Waals surface area contributed by atoms with E-state index < -0.39 is 0 Å². The van der Waals surface area contributed by atoms with Crippen LogP contribution in [-0.4, -0.2) is 14.2 Å². The number of para-hydroxylation sites is 4. The van der Waals surface area contributed by atoms with Gasteiger partial charge in [0.05, 0.1) is 28.7 Å². The van der Waals surface area contributed by atoms with Crippen molar-refractivity contribution in [3.05, 3.63) is 175 Å². The molecule has 0 saturated heterocycles. The maximum Gasteiger partial charge on any atom is 0.0681 e. The Morgan fingerprint density at radius 2 is 0.860 bits per heavy atom. The molecule has 1 N–H and O–H groups in total. The van der Waals surface area contributed by atoms with Gasteiger partial charge in [-0.2, -0.15) is 0 Å². The molecule has 1 radical (unpaired) electrons. The zero-order valence-electron chi connectivity index (χ0n) is 27.4. The first-order valence-electron chi connectivity index (χ1n) is 16.5. The van der Waals surface area contributed by atoms with Crippen LogP contribution in [0.5, 0.6) is 0 Å². The summed E-state index contributed by atoms with van der Waals surface area (Å²) in [6.07, 6.45) is 1.78. The van der Waals surface area contributed by atoms with Crippen molar-refractivity contribution in [1.29, 1.82) is 0 Å². The molecule has 0 aliphatic carbocycles. The molecule has 3 heterocycles. The Bertz CT molecular complexity index is 2560. The summed E-state index contributed by atoms with van der Waals surface area (Å²) in [5, 5.41) is 16.1. The molecule has 10 rings (SSSR count). The number of benzene rings is 7. The van der Waals surface area contributed by atoms with Gasteiger partial charge in [-0.05, 0) is 70.4 Å². The number of fused-ring (bicyclic) bond motifs is 9. The van der Waals surface area contributed by atoms with Gasteiger partial charge in [-0.3, -0.25) is 0 Å². The minimum atomic E-state index is 0. The maximum atomic E-state index is 8.68. The Hall–Kier alpha value is -5.26. The Labute approximate surface area is 314 Å². The van der Waals surface area contributed by atoms with E-state index >= 15 is 0 Å². The van der Waals surface area contributed by atoms with Crippen LogP contribution in [0.25, 0.3) is 82.9 Å². The van der Waals surface area contributed by atoms with Crippen LogP contribution in [-0.2, 0) is 39.3 Å². The second kappa shape index (κ2) is 13.2. The second-order valence-electron chi connectivity index (χ2n) is 12.4. The Balaban J connectivity index is 0.000000286. The number of nitrogens with zero attached hydrogens (tertiary/aromatic N) is 3. The molecule has 50 heavy (non-hydrogen) atoms. The number of aliphatic hydroxyl groups excluding tert-OH is 1. The van der Waals surface area contributed by atoms with E-state index in [-0.39, 0.29) is 39.3 Å². The number of hydrogen-bond acceptors (Lipinski definition) is 1. The molecular weight excluding hydrogens is 687 g/mol. The quantitative estimate of drug-likeness (QED) is 0.197. The van der Waals surface area contributed by atoms with Gasteiger partial charge >= 0.3 is 0 Å². The van der Waals surface area contributed by atoms with Crippen molar-refractivity contribution in [2.24, 2.45) is 0 Å². The van der Waals surface area contributed by atoms with Crippen LogP contribution in [0.15, 0.2) is 164 Å². The van der Waals surface area contributed by atoms with E-state index in [0.29, 0.717) is 0 Å². The summed E-state index contributed by atoms with van der Waals surface area (Å²) in [5.74, 6) is 0. The fourth-order valence-electron chi connectivity index (χ4n) is 7.24. The summed E-state index contributed by atoms with van der Waals surface area (Å²) in [5.41, 5.74) is 11.2. The first-order valence-corrected chi connectivity index (χ1v) is 16.5. The molecule has 0 spiro atoms. The SMILES string of the molecule is C=Cc1ccc(CO)cc1.[Y].c1ccc2c(c1)c1ccccc1n2-c1ccc2[n-]c3ccc(-n4c5ccccc5c5ccccc54)cc3c2c1. The van der Waals surface area contributed by atoms with E-state index in [1.807, 2.05) is 24.3 Å². The minimum absolute atomic E-state index is 0. The molecule has 4 nitrogen and oxygen atoms in total. The van der Waals surface area contributed by atoms with Gasteiger partial charge < -0.3 is 19.2 Å². The molecule has 7 aromatic carbocycles. The van der Waals surface area contributed by atoms with Crippen LogP contribution in [0.4, 0.5) is 0 Å². The second-order valence-corrected chi connectivity index (χ2v) is 12.4. The number of aliphatic hydroxyl groups is 1. The van der Waals surface area contributed by atoms with Crippen molar-refractivity contribution in [3.63, 3.8) is 0 Å². The van der Waals surface area contributed by atoms with E-state index in [1.165, 1.54) is 54.4 Å². The molecule has 0 aliphatic heterocycles. The molecule has 5 heteroatoms. The van der Waals surface area contributed by atoms with Crippen molar-refractivity contribution in [1.82, 2.24) is 14.1 Å². The zero-order chi connectivity index (χ0) is 32.9. The van der Waals surface area contributed by atoms with Crippen molar-refractivity contribution in [3.8, 4) is 11.4 Å². The van der Waals surface area contributed by atoms with Gasteiger partial charge in [0.25, 0.3) is 0 Å². The zero-order valence-corrected chi connectivity index (χ0v) is 30.2. The Kier molecular flexibility index (Phi) is 8.46. The van der Waals surface area contributed by atoms with Crippen molar-refractivity contribution >= 4 is 71.5 Å². The van der Waals surface area contributed by atoms with Crippen molar-refractivity contribution in [2.75, 3.05) is 0 Å². The molecule has 0 saturated carbocycles. The predicted octanol–water partition coefficient (Wildman–Crippen LogP) is 11.0. The summed E-state index contributed by atoms with van der Waals surface area (Å²) in [7, 11) is 0. The molecule has 237 valence electrons. The molecule has 0 atom stereocenters. The molecule has 3 aromatic heterocycles. The van der Waals surface area contributed by atoms with Crippen LogP contribution in [0.2, 0.25) is 0 Å². The minimum Gasteiger partial charge on any atom is -0.657 e. The van der Waals surface area contributed by atoms with Crippen molar-refractivity contribution in [2.45, 2.75) is 6.61 Å². The maximum absolute atomic E-state index is 8.68. The third-order valence-electron chi connectivity index (χ3n) is 9.57. The van der Waals surface area contributed by atoms with E-state index in [1.54, 1.807) is 6.08 Å². The number of aromatic nitrogens is 3. The normalized spacial score (nSPS) is 11.3. The summed E-state index contributed by atoms with van der Waals surface area (Å²) in [6, 6.07) is 55.6. The molecular formula is C45H32N3OY-. The van der Waals surface area contributed by atoms with Gasteiger partial charge in [-0.25, -0.2) is 0 Å².